The van der Waals surface area contributed by atoms with Gasteiger partial charge in [0.05, 0.1) is 0 Å². The smallest absolute Gasteiger partial charge is 0.137 e. The van der Waals surface area contributed by atoms with Crippen LogP contribution in [0, 0.1) is 10.8 Å². The fourth-order valence-electron chi connectivity index (χ4n) is 1.65. The highest BCUT2D eigenvalue weighted by molar-refractivity contribution is 4.67. The first kappa shape index (κ1) is 16.3. The molecule has 0 aliphatic rings. The van der Waals surface area contributed by atoms with E-state index in [1.807, 2.05) is 9.25 Å². The van der Waals surface area contributed by atoms with Gasteiger partial charge < -0.3 is 4.57 Å². The second-order valence-corrected chi connectivity index (χ2v) is 7.35. The lowest BCUT2D eigenvalue weighted by Gasteiger charge is -2.17. The fourth-order valence-corrected chi connectivity index (χ4v) is 1.65. The van der Waals surface area contributed by atoms with Crippen molar-refractivity contribution in [1.29, 1.82) is 0 Å². The monoisotopic (exact) mass is 278 g/mol. The van der Waals surface area contributed by atoms with Gasteiger partial charge in [-0.05, 0) is 10.8 Å². The average Bonchev–Trinajstić information content (AvgIpc) is 2.87. The molecule has 0 fully saturated rings. The molecule has 0 N–H and O–H groups in total. The van der Waals surface area contributed by atoms with E-state index in [9.17, 15) is 0 Å². The summed E-state index contributed by atoms with van der Waals surface area (Å²) >= 11 is 0. The van der Waals surface area contributed by atoms with Gasteiger partial charge in [-0.1, -0.05) is 41.5 Å². The standard InChI is InChI=1S/2C7H13N3/c1-7(2,3)4-10-5-8-9-6-10;1-7(2,3)4-10-6-8-5-9-10/h2*5-6H,4H2,1-3H3. The van der Waals surface area contributed by atoms with E-state index in [2.05, 4.69) is 61.8 Å². The van der Waals surface area contributed by atoms with E-state index in [0.29, 0.717) is 5.41 Å². The summed E-state index contributed by atoms with van der Waals surface area (Å²) in [6.45, 7) is 15.0. The zero-order chi connectivity index (χ0) is 15.2. The van der Waals surface area contributed by atoms with Crippen molar-refractivity contribution in [3.05, 3.63) is 25.3 Å². The predicted octanol–water partition coefficient (Wildman–Crippen LogP) is 2.65. The van der Waals surface area contributed by atoms with Crippen molar-refractivity contribution >= 4 is 0 Å². The van der Waals surface area contributed by atoms with E-state index in [1.165, 1.54) is 0 Å². The largest absolute Gasteiger partial charge is 0.320 e. The van der Waals surface area contributed by atoms with Crippen molar-refractivity contribution in [3.63, 3.8) is 0 Å². The van der Waals surface area contributed by atoms with Crippen LogP contribution in [0.15, 0.2) is 25.3 Å². The lowest BCUT2D eigenvalue weighted by atomic mass is 9.97. The molecular weight excluding hydrogens is 252 g/mol. The second kappa shape index (κ2) is 6.63. The van der Waals surface area contributed by atoms with Crippen LogP contribution in [-0.4, -0.2) is 29.5 Å². The van der Waals surface area contributed by atoms with Crippen molar-refractivity contribution in [2.75, 3.05) is 0 Å². The molecule has 20 heavy (non-hydrogen) atoms. The Kier molecular flexibility index (Phi) is 5.42. The van der Waals surface area contributed by atoms with Gasteiger partial charge in [0.1, 0.15) is 25.3 Å². The van der Waals surface area contributed by atoms with Crippen LogP contribution in [0.2, 0.25) is 0 Å². The summed E-state index contributed by atoms with van der Waals surface area (Å²) in [6, 6.07) is 0. The molecule has 6 nitrogen and oxygen atoms in total. The highest BCUT2D eigenvalue weighted by atomic mass is 15.3. The molecule has 0 bridgehead atoms. The third-order valence-corrected chi connectivity index (χ3v) is 2.23. The van der Waals surface area contributed by atoms with Crippen LogP contribution in [0.4, 0.5) is 0 Å². The Bertz CT molecular complexity index is 412. The van der Waals surface area contributed by atoms with Gasteiger partial charge in [0, 0.05) is 13.1 Å². The highest BCUT2D eigenvalue weighted by Crippen LogP contribution is 2.15. The lowest BCUT2D eigenvalue weighted by molar-refractivity contribution is 0.325. The summed E-state index contributed by atoms with van der Waals surface area (Å²) in [4.78, 5) is 3.86. The number of hydrogen-bond donors (Lipinski definition) is 0. The molecule has 2 heterocycles. The molecule has 112 valence electrons. The Balaban J connectivity index is 0.000000200. The summed E-state index contributed by atoms with van der Waals surface area (Å²) in [5, 5.41) is 11.4. The Morgan fingerprint density at radius 3 is 1.75 bits per heavy atom. The predicted molar refractivity (Wildman–Crippen MR) is 79.0 cm³/mol. The van der Waals surface area contributed by atoms with Gasteiger partial charge in [0.2, 0.25) is 0 Å². The van der Waals surface area contributed by atoms with Gasteiger partial charge in [-0.15, -0.1) is 10.2 Å². The summed E-state index contributed by atoms with van der Waals surface area (Å²) in [6.07, 6.45) is 6.79. The third kappa shape index (κ3) is 7.66. The lowest BCUT2D eigenvalue weighted by Crippen LogP contribution is -2.15. The highest BCUT2D eigenvalue weighted by Gasteiger charge is 2.10. The zero-order valence-corrected chi connectivity index (χ0v) is 13.4. The van der Waals surface area contributed by atoms with Crippen molar-refractivity contribution in [2.24, 2.45) is 10.8 Å². The molecule has 2 aromatic rings. The average molecular weight is 278 g/mol. The molecule has 0 saturated carbocycles. The summed E-state index contributed by atoms with van der Waals surface area (Å²) in [7, 11) is 0. The van der Waals surface area contributed by atoms with Gasteiger partial charge in [0.15, 0.2) is 0 Å². The first-order valence-electron chi connectivity index (χ1n) is 6.81. The Labute approximate surface area is 121 Å². The molecule has 0 atom stereocenters. The van der Waals surface area contributed by atoms with Gasteiger partial charge in [-0.25, -0.2) is 4.98 Å². The van der Waals surface area contributed by atoms with E-state index in [0.717, 1.165) is 13.1 Å². The van der Waals surface area contributed by atoms with E-state index in [4.69, 9.17) is 0 Å². The summed E-state index contributed by atoms with van der Waals surface area (Å²) in [5.41, 5.74) is 0.593. The first-order valence-corrected chi connectivity index (χ1v) is 6.81. The van der Waals surface area contributed by atoms with Crippen LogP contribution >= 0.6 is 0 Å². The number of hydrogen-bond acceptors (Lipinski definition) is 4. The van der Waals surface area contributed by atoms with Crippen LogP contribution in [-0.2, 0) is 13.1 Å². The molecule has 6 heteroatoms. The molecule has 0 spiro atoms. The normalized spacial score (nSPS) is 11.9. The van der Waals surface area contributed by atoms with Gasteiger partial charge in [0.25, 0.3) is 0 Å². The number of nitrogens with zero attached hydrogens (tertiary/aromatic N) is 6. The van der Waals surface area contributed by atoms with Crippen molar-refractivity contribution in [1.82, 2.24) is 29.5 Å². The molecule has 0 aromatic carbocycles. The first-order chi connectivity index (χ1) is 9.16. The number of aromatic nitrogens is 6. The topological polar surface area (TPSA) is 61.4 Å². The number of rotatable bonds is 2. The molecule has 2 rings (SSSR count). The van der Waals surface area contributed by atoms with Crippen LogP contribution in [0.25, 0.3) is 0 Å². The molecule has 0 aliphatic carbocycles. The second-order valence-electron chi connectivity index (χ2n) is 7.35. The molecular formula is C14H26N6. The minimum absolute atomic E-state index is 0.285. The molecule has 2 aromatic heterocycles. The van der Waals surface area contributed by atoms with E-state index < -0.39 is 0 Å². The molecule has 0 aliphatic heterocycles. The van der Waals surface area contributed by atoms with E-state index >= 15 is 0 Å². The van der Waals surface area contributed by atoms with Gasteiger partial charge in [-0.2, -0.15) is 5.10 Å². The quantitative estimate of drug-likeness (QED) is 0.847. The minimum atomic E-state index is 0.285. The SMILES string of the molecule is CC(C)(C)Cn1cncn1.CC(C)(C)Cn1cnnc1. The zero-order valence-electron chi connectivity index (χ0n) is 13.4. The minimum Gasteiger partial charge on any atom is -0.320 e. The van der Waals surface area contributed by atoms with Crippen molar-refractivity contribution < 1.29 is 0 Å². The Morgan fingerprint density at radius 2 is 1.35 bits per heavy atom. The maximum atomic E-state index is 4.01. The van der Waals surface area contributed by atoms with Gasteiger partial charge >= 0.3 is 0 Å². The Hall–Kier alpha value is -1.72. The molecule has 0 saturated heterocycles. The maximum absolute atomic E-state index is 4.01. The molecule has 0 radical (unpaired) electrons. The van der Waals surface area contributed by atoms with Crippen molar-refractivity contribution in [2.45, 2.75) is 54.6 Å². The van der Waals surface area contributed by atoms with Crippen molar-refractivity contribution in [3.8, 4) is 0 Å². The van der Waals surface area contributed by atoms with E-state index in [-0.39, 0.29) is 5.41 Å². The van der Waals surface area contributed by atoms with Gasteiger partial charge in [-0.3, -0.25) is 4.68 Å². The molecule has 0 amide bonds. The maximum Gasteiger partial charge on any atom is 0.137 e. The fraction of sp³-hybridized carbons (Fsp3) is 0.714. The van der Waals surface area contributed by atoms with Crippen LogP contribution in [0.1, 0.15) is 41.5 Å². The van der Waals surface area contributed by atoms with Crippen LogP contribution in [0.3, 0.4) is 0 Å². The summed E-state index contributed by atoms with van der Waals surface area (Å²) < 4.78 is 3.83. The third-order valence-electron chi connectivity index (χ3n) is 2.23. The molecule has 0 unspecified atom stereocenters. The van der Waals surface area contributed by atoms with E-state index in [1.54, 1.807) is 25.3 Å². The summed E-state index contributed by atoms with van der Waals surface area (Å²) in [5.74, 6) is 0. The Morgan fingerprint density at radius 1 is 0.800 bits per heavy atom. The van der Waals surface area contributed by atoms with Crippen LogP contribution in [0.5, 0.6) is 0 Å². The van der Waals surface area contributed by atoms with Crippen LogP contribution < -0.4 is 0 Å².